The van der Waals surface area contributed by atoms with Gasteiger partial charge in [0.15, 0.2) is 11.5 Å². The summed E-state index contributed by atoms with van der Waals surface area (Å²) in [6.07, 6.45) is 5.34. The monoisotopic (exact) mass is 528 g/mol. The molecule has 0 aromatic heterocycles. The first-order valence-corrected chi connectivity index (χ1v) is 13.4. The Morgan fingerprint density at radius 1 is 1.03 bits per heavy atom. The second kappa shape index (κ2) is 11.9. The van der Waals surface area contributed by atoms with Gasteiger partial charge in [0.05, 0.1) is 6.10 Å². The quantitative estimate of drug-likeness (QED) is 0.266. The molecule has 2 aromatic rings. The van der Waals surface area contributed by atoms with Gasteiger partial charge in [0.1, 0.15) is 17.3 Å². The van der Waals surface area contributed by atoms with Crippen LogP contribution in [0.5, 0.6) is 0 Å². The van der Waals surface area contributed by atoms with Gasteiger partial charge in [-0.15, -0.1) is 0 Å². The molecule has 1 aliphatic heterocycles. The fourth-order valence-corrected chi connectivity index (χ4v) is 4.87. The van der Waals surface area contributed by atoms with Gasteiger partial charge in [0, 0.05) is 5.41 Å². The molecule has 2 N–H and O–H groups in total. The Morgan fingerprint density at radius 2 is 1.67 bits per heavy atom. The van der Waals surface area contributed by atoms with Crippen molar-refractivity contribution in [2.24, 2.45) is 11.3 Å². The fraction of sp³-hybridized carbons (Fsp3) is 0.333. The predicted octanol–water partition coefficient (Wildman–Crippen LogP) is 6.55. The smallest absolute Gasteiger partial charge is 0.348 e. The Morgan fingerprint density at radius 3 is 2.33 bits per heavy atom. The van der Waals surface area contributed by atoms with Crippen LogP contribution in [0.25, 0.3) is 11.1 Å². The van der Waals surface area contributed by atoms with E-state index in [9.17, 15) is 19.8 Å². The van der Waals surface area contributed by atoms with Crippen LogP contribution in [0.3, 0.4) is 0 Å². The number of hydrogen-bond acceptors (Lipinski definition) is 6. The van der Waals surface area contributed by atoms with Crippen LogP contribution in [0.15, 0.2) is 96.5 Å². The second-order valence-corrected chi connectivity index (χ2v) is 10.9. The number of aliphatic hydroxyl groups is 2. The summed E-state index contributed by atoms with van der Waals surface area (Å²) in [6.45, 7) is 10.2. The standard InChI is InChI=1S/C33H36O6/c1-21-15-17-25(34)22(2)16-18-26(33(3,4)20-19-21)38-32(37)28(24-13-9-6-10-14-24)30-29(35)27(31(36)39-30)23-11-7-5-8-12-23/h5-14,19-21,25-26,34-35H,2,15-18H2,1,3-4H3/b20-19+,30-28+/t21-,25-,26+/m0/s1. The van der Waals surface area contributed by atoms with Crippen LogP contribution in [0.2, 0.25) is 0 Å². The van der Waals surface area contributed by atoms with Gasteiger partial charge in [0.25, 0.3) is 0 Å². The first-order valence-electron chi connectivity index (χ1n) is 13.4. The number of allylic oxidation sites excluding steroid dienone is 1. The number of ether oxygens (including phenoxy) is 2. The molecule has 204 valence electrons. The van der Waals surface area contributed by atoms with Crippen molar-refractivity contribution in [2.45, 2.75) is 58.7 Å². The Bertz CT molecular complexity index is 1320. The lowest BCUT2D eigenvalue weighted by molar-refractivity contribution is -0.146. The number of benzene rings is 2. The second-order valence-electron chi connectivity index (χ2n) is 10.9. The van der Waals surface area contributed by atoms with E-state index in [1.54, 1.807) is 60.7 Å². The fourth-order valence-electron chi connectivity index (χ4n) is 4.87. The molecule has 0 spiro atoms. The van der Waals surface area contributed by atoms with Crippen molar-refractivity contribution in [3.05, 3.63) is 108 Å². The predicted molar refractivity (Wildman–Crippen MR) is 151 cm³/mol. The molecule has 2 aliphatic rings. The van der Waals surface area contributed by atoms with Gasteiger partial charge in [-0.05, 0) is 48.3 Å². The minimum absolute atomic E-state index is 0.00990. The summed E-state index contributed by atoms with van der Waals surface area (Å²) < 4.78 is 11.7. The van der Waals surface area contributed by atoms with Crippen molar-refractivity contribution in [3.63, 3.8) is 0 Å². The van der Waals surface area contributed by atoms with Crippen molar-refractivity contribution in [1.29, 1.82) is 0 Å². The highest BCUT2D eigenvalue weighted by atomic mass is 16.6. The van der Waals surface area contributed by atoms with E-state index >= 15 is 0 Å². The number of aliphatic hydroxyl groups excluding tert-OH is 2. The molecular formula is C33H36O6. The van der Waals surface area contributed by atoms with E-state index < -0.39 is 35.3 Å². The van der Waals surface area contributed by atoms with Gasteiger partial charge in [-0.25, -0.2) is 9.59 Å². The van der Waals surface area contributed by atoms with Gasteiger partial charge in [-0.2, -0.15) is 0 Å². The molecule has 39 heavy (non-hydrogen) atoms. The highest BCUT2D eigenvalue weighted by molar-refractivity contribution is 6.25. The molecule has 2 aromatic carbocycles. The molecule has 3 atom stereocenters. The lowest BCUT2D eigenvalue weighted by Gasteiger charge is -2.32. The summed E-state index contributed by atoms with van der Waals surface area (Å²) in [4.78, 5) is 26.8. The van der Waals surface area contributed by atoms with Crippen molar-refractivity contribution < 1.29 is 29.3 Å². The summed E-state index contributed by atoms with van der Waals surface area (Å²) in [5, 5.41) is 21.7. The van der Waals surface area contributed by atoms with E-state index in [1.165, 1.54) is 0 Å². The van der Waals surface area contributed by atoms with Crippen molar-refractivity contribution >= 4 is 23.1 Å². The minimum Gasteiger partial charge on any atom is -0.504 e. The molecule has 0 amide bonds. The molecule has 6 heteroatoms. The van der Waals surface area contributed by atoms with Crippen molar-refractivity contribution in [2.75, 3.05) is 0 Å². The first-order chi connectivity index (χ1) is 18.6. The zero-order chi connectivity index (χ0) is 28.2. The molecular weight excluding hydrogens is 492 g/mol. The highest BCUT2D eigenvalue weighted by Gasteiger charge is 2.38. The number of carbonyl (C=O) groups excluding carboxylic acids is 2. The first kappa shape index (κ1) is 28.1. The summed E-state index contributed by atoms with van der Waals surface area (Å²) >= 11 is 0. The van der Waals surface area contributed by atoms with E-state index in [2.05, 4.69) is 25.7 Å². The Kier molecular flexibility index (Phi) is 8.56. The van der Waals surface area contributed by atoms with Crippen molar-refractivity contribution in [1.82, 2.24) is 0 Å². The van der Waals surface area contributed by atoms with Gasteiger partial charge in [0.2, 0.25) is 0 Å². The van der Waals surface area contributed by atoms with Crippen LogP contribution >= 0.6 is 0 Å². The van der Waals surface area contributed by atoms with Gasteiger partial charge in [-0.1, -0.05) is 100 Å². The third-order valence-electron chi connectivity index (χ3n) is 7.43. The number of rotatable bonds is 4. The molecule has 0 fully saturated rings. The number of cyclic esters (lactones) is 1. The van der Waals surface area contributed by atoms with E-state index in [1.807, 2.05) is 13.8 Å². The molecule has 6 nitrogen and oxygen atoms in total. The highest BCUT2D eigenvalue weighted by Crippen LogP contribution is 2.38. The Hall–Kier alpha value is -3.90. The zero-order valence-corrected chi connectivity index (χ0v) is 22.7. The molecule has 1 heterocycles. The molecule has 0 saturated carbocycles. The Labute approximate surface area is 230 Å². The Balaban J connectivity index is 1.76. The van der Waals surface area contributed by atoms with E-state index in [-0.39, 0.29) is 22.8 Å². The average molecular weight is 529 g/mol. The van der Waals surface area contributed by atoms with Gasteiger partial charge in [-0.3, -0.25) is 0 Å². The van der Waals surface area contributed by atoms with Crippen molar-refractivity contribution in [3.8, 4) is 0 Å². The van der Waals surface area contributed by atoms with E-state index in [0.717, 1.165) is 6.42 Å². The lowest BCUT2D eigenvalue weighted by Crippen LogP contribution is -2.33. The van der Waals surface area contributed by atoms with Gasteiger partial charge >= 0.3 is 11.9 Å². The zero-order valence-electron chi connectivity index (χ0n) is 22.7. The molecule has 0 radical (unpaired) electrons. The summed E-state index contributed by atoms with van der Waals surface area (Å²) in [7, 11) is 0. The van der Waals surface area contributed by atoms with Gasteiger partial charge < -0.3 is 19.7 Å². The SMILES string of the molecule is C=C1CC[C@@H](OC(=O)/C(=C2/OC(=O)C(c3ccccc3)=C2O)c2ccccc2)C(C)(C)/C=C/[C@@H](C)CC[C@@H]1O. The third kappa shape index (κ3) is 6.40. The number of carbonyl (C=O) groups is 2. The van der Waals surface area contributed by atoms with Crippen LogP contribution in [0.4, 0.5) is 0 Å². The maximum Gasteiger partial charge on any atom is 0.348 e. The minimum atomic E-state index is -0.743. The molecule has 0 saturated heterocycles. The van der Waals surface area contributed by atoms with Crippen LogP contribution in [-0.4, -0.2) is 34.4 Å². The summed E-state index contributed by atoms with van der Waals surface area (Å²) in [5.41, 5.74) is 1.06. The van der Waals surface area contributed by atoms with Crippen LogP contribution in [0.1, 0.15) is 57.6 Å². The van der Waals surface area contributed by atoms with E-state index in [0.29, 0.717) is 36.0 Å². The molecule has 0 bridgehead atoms. The van der Waals surface area contributed by atoms with Crippen LogP contribution < -0.4 is 0 Å². The topological polar surface area (TPSA) is 93.1 Å². The molecule has 4 rings (SSSR count). The number of hydrogen-bond donors (Lipinski definition) is 2. The largest absolute Gasteiger partial charge is 0.504 e. The summed E-state index contributed by atoms with van der Waals surface area (Å²) in [6, 6.07) is 17.4. The van der Waals surface area contributed by atoms with E-state index in [4.69, 9.17) is 9.47 Å². The van der Waals surface area contributed by atoms with Crippen LogP contribution in [0, 0.1) is 11.3 Å². The number of esters is 2. The maximum atomic E-state index is 13.9. The lowest BCUT2D eigenvalue weighted by atomic mass is 9.82. The third-order valence-corrected chi connectivity index (χ3v) is 7.43. The normalized spacial score (nSPS) is 25.9. The van der Waals surface area contributed by atoms with Crippen LogP contribution in [-0.2, 0) is 19.1 Å². The summed E-state index contributed by atoms with van der Waals surface area (Å²) in [5.74, 6) is -1.86. The average Bonchev–Trinajstić information content (AvgIpc) is 3.21. The molecule has 1 aliphatic carbocycles. The maximum absolute atomic E-state index is 13.9. The molecule has 0 unspecified atom stereocenters.